The number of methoxy groups -OCH3 is 1. The summed E-state index contributed by atoms with van der Waals surface area (Å²) in [6.45, 7) is 1.60. The van der Waals surface area contributed by atoms with Crippen LogP contribution in [0.1, 0.15) is 11.5 Å². The van der Waals surface area contributed by atoms with E-state index in [1.54, 1.807) is 6.92 Å². The van der Waals surface area contributed by atoms with Crippen molar-refractivity contribution in [3.05, 3.63) is 33.5 Å². The van der Waals surface area contributed by atoms with Crippen LogP contribution >= 0.6 is 23.4 Å². The van der Waals surface area contributed by atoms with E-state index in [0.29, 0.717) is 11.5 Å². The van der Waals surface area contributed by atoms with Crippen LogP contribution in [-0.2, 0) is 4.79 Å². The van der Waals surface area contributed by atoms with E-state index in [4.69, 9.17) is 20.8 Å². The van der Waals surface area contributed by atoms with Gasteiger partial charge in [0.15, 0.2) is 11.5 Å². The van der Waals surface area contributed by atoms with E-state index >= 15 is 0 Å². The number of aliphatic carboxylic acids is 1. The Kier molecular flexibility index (Phi) is 4.94. The molecule has 0 saturated carbocycles. The molecule has 22 heavy (non-hydrogen) atoms. The molecule has 0 aliphatic heterocycles. The van der Waals surface area contributed by atoms with Gasteiger partial charge in [-0.3, -0.25) is 0 Å². The number of halogens is 1. The van der Waals surface area contributed by atoms with Crippen molar-refractivity contribution in [3.8, 4) is 11.5 Å². The summed E-state index contributed by atoms with van der Waals surface area (Å²) in [6, 6.07) is 2.88. The summed E-state index contributed by atoms with van der Waals surface area (Å²) in [5.74, 6) is -0.897. The topological polar surface area (TPSA) is 106 Å². The summed E-state index contributed by atoms with van der Waals surface area (Å²) < 4.78 is 10.1. The average Bonchev–Trinajstić information content (AvgIpc) is 2.87. The standard InChI is InChI=1S/C13H11ClN2O5S/c1-6-15-16-13(21-6)22-10(12(18)19)5-7-3-8(14)11(17)9(4-7)20-2/h3-5,17H,1-2H3,(H,18,19)/b10-5-. The van der Waals surface area contributed by atoms with Crippen LogP contribution in [0.25, 0.3) is 6.08 Å². The number of aryl methyl sites for hydroxylation is 1. The number of ether oxygens (including phenoxy) is 1. The second kappa shape index (κ2) is 6.71. The van der Waals surface area contributed by atoms with Crippen molar-refractivity contribution in [2.75, 3.05) is 7.11 Å². The molecule has 0 bridgehead atoms. The smallest absolute Gasteiger partial charge is 0.342 e. The Bertz CT molecular complexity index is 744. The van der Waals surface area contributed by atoms with Crippen LogP contribution in [0.5, 0.6) is 11.5 Å². The van der Waals surface area contributed by atoms with Crippen LogP contribution in [0.4, 0.5) is 0 Å². The van der Waals surface area contributed by atoms with Gasteiger partial charge >= 0.3 is 5.97 Å². The highest BCUT2D eigenvalue weighted by Gasteiger charge is 2.15. The zero-order chi connectivity index (χ0) is 16.3. The molecule has 0 aliphatic carbocycles. The average molecular weight is 343 g/mol. The van der Waals surface area contributed by atoms with E-state index < -0.39 is 5.97 Å². The third kappa shape index (κ3) is 3.71. The molecule has 0 unspecified atom stereocenters. The highest BCUT2D eigenvalue weighted by Crippen LogP contribution is 2.36. The quantitative estimate of drug-likeness (QED) is 0.631. The molecule has 9 heteroatoms. The van der Waals surface area contributed by atoms with Gasteiger partial charge in [-0.1, -0.05) is 11.6 Å². The molecular weight excluding hydrogens is 332 g/mol. The lowest BCUT2D eigenvalue weighted by molar-refractivity contribution is -0.131. The van der Waals surface area contributed by atoms with E-state index in [-0.39, 0.29) is 26.6 Å². The van der Waals surface area contributed by atoms with Gasteiger partial charge in [-0.15, -0.1) is 10.2 Å². The second-order valence-corrected chi connectivity index (χ2v) is 5.46. The Morgan fingerprint density at radius 2 is 2.18 bits per heavy atom. The molecule has 0 atom stereocenters. The molecule has 2 aromatic rings. The third-order valence-electron chi connectivity index (χ3n) is 2.48. The Morgan fingerprint density at radius 3 is 2.73 bits per heavy atom. The van der Waals surface area contributed by atoms with Crippen LogP contribution in [0.3, 0.4) is 0 Å². The van der Waals surface area contributed by atoms with E-state index in [2.05, 4.69) is 10.2 Å². The number of carboxylic acids is 1. The van der Waals surface area contributed by atoms with Crippen LogP contribution < -0.4 is 4.74 Å². The number of hydrogen-bond acceptors (Lipinski definition) is 7. The SMILES string of the molecule is COc1cc(/C=C(\Sc2nnc(C)o2)C(=O)O)cc(Cl)c1O. The number of thioether (sulfide) groups is 1. The predicted octanol–water partition coefficient (Wildman–Crippen LogP) is 2.96. The molecular formula is C13H11ClN2O5S. The van der Waals surface area contributed by atoms with Gasteiger partial charge in [-0.05, 0) is 35.5 Å². The van der Waals surface area contributed by atoms with Crippen LogP contribution in [-0.4, -0.2) is 33.5 Å². The molecule has 0 spiro atoms. The number of nitrogens with zero attached hydrogens (tertiary/aromatic N) is 2. The number of rotatable bonds is 5. The summed E-state index contributed by atoms with van der Waals surface area (Å²) in [6.07, 6.45) is 1.36. The number of aromatic nitrogens is 2. The van der Waals surface area contributed by atoms with Crippen LogP contribution in [0.15, 0.2) is 26.7 Å². The van der Waals surface area contributed by atoms with Crippen molar-refractivity contribution in [2.45, 2.75) is 12.1 Å². The fraction of sp³-hybridized carbons (Fsp3) is 0.154. The number of phenolic OH excluding ortho intramolecular Hbond substituents is 1. The van der Waals surface area contributed by atoms with E-state index in [1.807, 2.05) is 0 Å². The molecule has 1 aromatic carbocycles. The number of carbonyl (C=O) groups is 1. The van der Waals surface area contributed by atoms with Crippen molar-refractivity contribution in [3.63, 3.8) is 0 Å². The highest BCUT2D eigenvalue weighted by atomic mass is 35.5. The minimum absolute atomic E-state index is 0.0486. The first kappa shape index (κ1) is 16.2. The van der Waals surface area contributed by atoms with Gasteiger partial charge in [0.25, 0.3) is 5.22 Å². The van der Waals surface area contributed by atoms with Gasteiger partial charge < -0.3 is 19.4 Å². The van der Waals surface area contributed by atoms with Crippen molar-refractivity contribution in [1.29, 1.82) is 0 Å². The Hall–Kier alpha value is -2.19. The second-order valence-electron chi connectivity index (χ2n) is 4.06. The number of aromatic hydroxyl groups is 1. The Morgan fingerprint density at radius 1 is 1.45 bits per heavy atom. The number of carboxylic acid groups (broad SMARTS) is 1. The molecule has 2 rings (SSSR count). The molecule has 2 N–H and O–H groups in total. The first-order valence-electron chi connectivity index (χ1n) is 5.90. The van der Waals surface area contributed by atoms with Gasteiger partial charge in [-0.2, -0.15) is 0 Å². The minimum atomic E-state index is -1.16. The number of phenols is 1. The Labute approximate surface area is 134 Å². The molecule has 0 radical (unpaired) electrons. The molecule has 7 nitrogen and oxygen atoms in total. The normalized spacial score (nSPS) is 11.5. The van der Waals surface area contributed by atoms with Gasteiger partial charge in [0.2, 0.25) is 5.89 Å². The molecule has 0 saturated heterocycles. The lowest BCUT2D eigenvalue weighted by Gasteiger charge is -2.07. The van der Waals surface area contributed by atoms with Gasteiger partial charge in [-0.25, -0.2) is 4.79 Å². The molecule has 1 heterocycles. The van der Waals surface area contributed by atoms with E-state index in [9.17, 15) is 15.0 Å². The maximum Gasteiger partial charge on any atom is 0.342 e. The summed E-state index contributed by atoms with van der Waals surface area (Å²) in [5.41, 5.74) is 0.445. The lowest BCUT2D eigenvalue weighted by Crippen LogP contribution is -1.97. The summed E-state index contributed by atoms with van der Waals surface area (Å²) in [4.78, 5) is 11.3. The number of benzene rings is 1. The highest BCUT2D eigenvalue weighted by molar-refractivity contribution is 8.03. The van der Waals surface area contributed by atoms with Crippen LogP contribution in [0.2, 0.25) is 5.02 Å². The number of hydrogen-bond donors (Lipinski definition) is 2. The van der Waals surface area contributed by atoms with Crippen LogP contribution in [0, 0.1) is 6.92 Å². The van der Waals surface area contributed by atoms with Crippen molar-refractivity contribution < 1.29 is 24.2 Å². The van der Waals surface area contributed by atoms with Crippen molar-refractivity contribution in [1.82, 2.24) is 10.2 Å². The first-order chi connectivity index (χ1) is 10.4. The summed E-state index contributed by atoms with van der Waals surface area (Å²) >= 11 is 6.68. The zero-order valence-electron chi connectivity index (χ0n) is 11.5. The fourth-order valence-electron chi connectivity index (χ4n) is 1.53. The zero-order valence-corrected chi connectivity index (χ0v) is 13.1. The third-order valence-corrected chi connectivity index (χ3v) is 3.62. The van der Waals surface area contributed by atoms with Crippen molar-refractivity contribution in [2.24, 2.45) is 0 Å². The molecule has 116 valence electrons. The van der Waals surface area contributed by atoms with Gasteiger partial charge in [0.05, 0.1) is 12.1 Å². The van der Waals surface area contributed by atoms with E-state index in [1.165, 1.54) is 25.3 Å². The minimum Gasteiger partial charge on any atom is -0.503 e. The predicted molar refractivity (Wildman–Crippen MR) is 80.2 cm³/mol. The van der Waals surface area contributed by atoms with Gasteiger partial charge in [0, 0.05) is 6.92 Å². The lowest BCUT2D eigenvalue weighted by atomic mass is 10.2. The summed E-state index contributed by atoms with van der Waals surface area (Å²) in [5, 5.41) is 26.4. The molecule has 0 amide bonds. The largest absolute Gasteiger partial charge is 0.503 e. The molecule has 0 fully saturated rings. The Balaban J connectivity index is 2.38. The monoisotopic (exact) mass is 342 g/mol. The van der Waals surface area contributed by atoms with Crippen molar-refractivity contribution >= 4 is 35.4 Å². The maximum atomic E-state index is 11.3. The molecule has 0 aliphatic rings. The van der Waals surface area contributed by atoms with E-state index in [0.717, 1.165) is 11.8 Å². The van der Waals surface area contributed by atoms with Gasteiger partial charge in [0.1, 0.15) is 4.91 Å². The maximum absolute atomic E-state index is 11.3. The fourth-order valence-corrected chi connectivity index (χ4v) is 2.47. The molecule has 1 aromatic heterocycles. The summed E-state index contributed by atoms with van der Waals surface area (Å²) in [7, 11) is 1.37. The first-order valence-corrected chi connectivity index (χ1v) is 7.09.